The molecule has 0 saturated heterocycles. The Morgan fingerprint density at radius 2 is 1.81 bits per heavy atom. The normalized spacial score (nSPS) is 21.7. The lowest BCUT2D eigenvalue weighted by molar-refractivity contribution is 0.00673. The van der Waals surface area contributed by atoms with Crippen molar-refractivity contribution in [1.82, 2.24) is 0 Å². The van der Waals surface area contributed by atoms with Gasteiger partial charge < -0.3 is 10.2 Å². The molecule has 3 aromatic carbocycles. The predicted octanol–water partition coefficient (Wildman–Crippen LogP) is 3.64. The Morgan fingerprint density at radius 3 is 2.67 bits per heavy atom. The molecule has 2 heteroatoms. The highest BCUT2D eigenvalue weighted by molar-refractivity contribution is 6.10. The molecule has 1 aliphatic carbocycles. The van der Waals surface area contributed by atoms with Crippen LogP contribution in [0.2, 0.25) is 0 Å². The molecular formula is C19H18O2. The Bertz CT molecular complexity index is 851. The molecule has 1 aliphatic rings. The maximum atomic E-state index is 10.3. The van der Waals surface area contributed by atoms with E-state index in [1.807, 2.05) is 0 Å². The van der Waals surface area contributed by atoms with E-state index in [1.165, 1.54) is 27.1 Å². The van der Waals surface area contributed by atoms with Crippen LogP contribution in [0.1, 0.15) is 29.2 Å². The van der Waals surface area contributed by atoms with Crippen LogP contribution in [0.25, 0.3) is 21.5 Å². The minimum Gasteiger partial charge on any atom is -0.390 e. The second-order valence-electron chi connectivity index (χ2n) is 6.02. The zero-order chi connectivity index (χ0) is 14.6. The Hall–Kier alpha value is -1.90. The molecule has 106 valence electrons. The van der Waals surface area contributed by atoms with Crippen LogP contribution in [-0.4, -0.2) is 16.3 Å². The summed E-state index contributed by atoms with van der Waals surface area (Å²) >= 11 is 0. The fraction of sp³-hybridized carbons (Fsp3) is 0.263. The zero-order valence-electron chi connectivity index (χ0n) is 12.0. The summed E-state index contributed by atoms with van der Waals surface area (Å²) in [7, 11) is 0. The molecule has 2 N–H and O–H groups in total. The van der Waals surface area contributed by atoms with Crippen LogP contribution in [0.5, 0.6) is 0 Å². The maximum absolute atomic E-state index is 10.3. The third-order valence-corrected chi connectivity index (χ3v) is 4.74. The van der Waals surface area contributed by atoms with Gasteiger partial charge in [-0.3, -0.25) is 0 Å². The van der Waals surface area contributed by atoms with Gasteiger partial charge in [0.05, 0.1) is 6.10 Å². The summed E-state index contributed by atoms with van der Waals surface area (Å²) in [6, 6.07) is 14.8. The number of hydrogen-bond acceptors (Lipinski definition) is 2. The lowest BCUT2D eigenvalue weighted by atomic mass is 9.82. The molecule has 3 aromatic rings. The number of hydrogen-bond donors (Lipinski definition) is 2. The van der Waals surface area contributed by atoms with Gasteiger partial charge in [-0.2, -0.15) is 0 Å². The maximum Gasteiger partial charge on any atom is 0.105 e. The van der Waals surface area contributed by atoms with Crippen molar-refractivity contribution in [2.75, 3.05) is 0 Å². The van der Waals surface area contributed by atoms with E-state index in [2.05, 4.69) is 49.4 Å². The molecule has 0 fully saturated rings. The molecule has 0 spiro atoms. The minimum absolute atomic E-state index is 0.624. The van der Waals surface area contributed by atoms with Gasteiger partial charge in [0.25, 0.3) is 0 Å². The molecular weight excluding hydrogens is 260 g/mol. The molecule has 0 amide bonds. The predicted molar refractivity (Wildman–Crippen MR) is 85.5 cm³/mol. The van der Waals surface area contributed by atoms with Crippen molar-refractivity contribution in [3.63, 3.8) is 0 Å². The van der Waals surface area contributed by atoms with Gasteiger partial charge in [-0.1, -0.05) is 42.5 Å². The Kier molecular flexibility index (Phi) is 2.78. The van der Waals surface area contributed by atoms with E-state index in [9.17, 15) is 10.2 Å². The summed E-state index contributed by atoms with van der Waals surface area (Å²) in [6.45, 7) is 2.09. The summed E-state index contributed by atoms with van der Waals surface area (Å²) in [5.74, 6) is 0. The number of aryl methyl sites for hydroxylation is 2. The summed E-state index contributed by atoms with van der Waals surface area (Å²) in [5, 5.41) is 25.2. The van der Waals surface area contributed by atoms with E-state index in [1.54, 1.807) is 0 Å². The van der Waals surface area contributed by atoms with Crippen LogP contribution in [0, 0.1) is 6.92 Å². The Balaban J connectivity index is 2.14. The molecule has 2 unspecified atom stereocenters. The van der Waals surface area contributed by atoms with Gasteiger partial charge in [0, 0.05) is 0 Å². The fourth-order valence-electron chi connectivity index (χ4n) is 3.70. The standard InChI is InChI=1S/C19H18O2/c1-11-10-16-14(8-9-17(20)19(16)21)15-7-6-12-4-2-3-5-13(12)18(11)15/h2-7,10,17,19-21H,8-9H2,1H3. The first-order valence-electron chi connectivity index (χ1n) is 7.47. The van der Waals surface area contributed by atoms with E-state index in [0.717, 1.165) is 17.5 Å². The fourth-order valence-corrected chi connectivity index (χ4v) is 3.70. The van der Waals surface area contributed by atoms with Crippen LogP contribution in [0.3, 0.4) is 0 Å². The summed E-state index contributed by atoms with van der Waals surface area (Å²) < 4.78 is 0. The molecule has 0 saturated carbocycles. The zero-order valence-corrected chi connectivity index (χ0v) is 12.0. The van der Waals surface area contributed by atoms with Gasteiger partial charge in [-0.25, -0.2) is 0 Å². The number of rotatable bonds is 0. The van der Waals surface area contributed by atoms with Crippen molar-refractivity contribution in [1.29, 1.82) is 0 Å². The smallest absolute Gasteiger partial charge is 0.105 e. The highest BCUT2D eigenvalue weighted by Crippen LogP contribution is 2.39. The molecule has 0 aromatic heterocycles. The van der Waals surface area contributed by atoms with Crippen molar-refractivity contribution in [2.24, 2.45) is 0 Å². The summed E-state index contributed by atoms with van der Waals surface area (Å²) in [4.78, 5) is 0. The first kappa shape index (κ1) is 12.8. The van der Waals surface area contributed by atoms with Crippen molar-refractivity contribution in [3.05, 3.63) is 59.2 Å². The van der Waals surface area contributed by atoms with Crippen molar-refractivity contribution >= 4 is 21.5 Å². The van der Waals surface area contributed by atoms with Gasteiger partial charge in [-0.15, -0.1) is 0 Å². The number of fused-ring (bicyclic) bond motifs is 5. The molecule has 2 nitrogen and oxygen atoms in total. The molecule has 21 heavy (non-hydrogen) atoms. The number of aliphatic hydroxyl groups excluding tert-OH is 2. The van der Waals surface area contributed by atoms with Crippen LogP contribution in [-0.2, 0) is 6.42 Å². The Morgan fingerprint density at radius 1 is 1.00 bits per heavy atom. The SMILES string of the molecule is Cc1cc2c(c3ccc4ccccc4c13)CCC(O)C2O. The third kappa shape index (κ3) is 1.80. The van der Waals surface area contributed by atoms with E-state index in [4.69, 9.17) is 0 Å². The monoisotopic (exact) mass is 278 g/mol. The highest BCUT2D eigenvalue weighted by Gasteiger charge is 2.28. The number of aliphatic hydroxyl groups is 2. The van der Waals surface area contributed by atoms with Crippen LogP contribution < -0.4 is 0 Å². The van der Waals surface area contributed by atoms with Crippen molar-refractivity contribution in [3.8, 4) is 0 Å². The lowest BCUT2D eigenvalue weighted by Gasteiger charge is -2.28. The molecule has 4 rings (SSSR count). The quantitative estimate of drug-likeness (QED) is 0.616. The van der Waals surface area contributed by atoms with Crippen molar-refractivity contribution in [2.45, 2.75) is 32.0 Å². The van der Waals surface area contributed by atoms with Crippen LogP contribution in [0.4, 0.5) is 0 Å². The van der Waals surface area contributed by atoms with E-state index < -0.39 is 12.2 Å². The first-order valence-corrected chi connectivity index (χ1v) is 7.47. The van der Waals surface area contributed by atoms with Gasteiger partial charge in [0.2, 0.25) is 0 Å². The summed E-state index contributed by atoms with van der Waals surface area (Å²) in [6.07, 6.45) is 0.0418. The third-order valence-electron chi connectivity index (χ3n) is 4.74. The summed E-state index contributed by atoms with van der Waals surface area (Å²) in [5.41, 5.74) is 3.25. The van der Waals surface area contributed by atoms with Gasteiger partial charge >= 0.3 is 0 Å². The second-order valence-corrected chi connectivity index (χ2v) is 6.02. The molecule has 2 atom stereocenters. The first-order chi connectivity index (χ1) is 10.2. The molecule has 0 radical (unpaired) electrons. The van der Waals surface area contributed by atoms with Crippen molar-refractivity contribution < 1.29 is 10.2 Å². The van der Waals surface area contributed by atoms with E-state index >= 15 is 0 Å². The van der Waals surface area contributed by atoms with Crippen LogP contribution >= 0.6 is 0 Å². The van der Waals surface area contributed by atoms with Gasteiger partial charge in [-0.05, 0) is 58.0 Å². The van der Waals surface area contributed by atoms with E-state index in [-0.39, 0.29) is 0 Å². The van der Waals surface area contributed by atoms with Gasteiger partial charge in [0.15, 0.2) is 0 Å². The minimum atomic E-state index is -0.761. The topological polar surface area (TPSA) is 40.5 Å². The van der Waals surface area contributed by atoms with Crippen LogP contribution in [0.15, 0.2) is 42.5 Å². The average molecular weight is 278 g/mol. The number of benzene rings is 3. The average Bonchev–Trinajstić information content (AvgIpc) is 2.51. The second kappa shape index (κ2) is 4.55. The Labute approximate surface area is 123 Å². The highest BCUT2D eigenvalue weighted by atomic mass is 16.3. The molecule has 0 heterocycles. The largest absolute Gasteiger partial charge is 0.390 e. The molecule has 0 aliphatic heterocycles. The van der Waals surface area contributed by atoms with E-state index in [0.29, 0.717) is 6.42 Å². The lowest BCUT2D eigenvalue weighted by Crippen LogP contribution is -2.25. The molecule has 0 bridgehead atoms. The van der Waals surface area contributed by atoms with Gasteiger partial charge in [0.1, 0.15) is 6.10 Å².